The number of piperidine rings is 1. The van der Waals surface area contributed by atoms with Crippen molar-refractivity contribution in [1.82, 2.24) is 4.90 Å². The highest BCUT2D eigenvalue weighted by Gasteiger charge is 2.23. The average Bonchev–Trinajstić information content (AvgIpc) is 2.54. The predicted molar refractivity (Wildman–Crippen MR) is 78.7 cm³/mol. The number of nitriles is 2. The highest BCUT2D eigenvalue weighted by Crippen LogP contribution is 2.29. The fourth-order valence-electron chi connectivity index (χ4n) is 2.96. The average molecular weight is 303 g/mol. The Morgan fingerprint density at radius 2 is 1.91 bits per heavy atom. The molecule has 0 amide bonds. The Morgan fingerprint density at radius 1 is 1.18 bits per heavy atom. The van der Waals surface area contributed by atoms with E-state index in [0.717, 1.165) is 31.5 Å². The first-order valence-electron chi connectivity index (χ1n) is 7.58. The van der Waals surface area contributed by atoms with E-state index in [4.69, 9.17) is 10.5 Å². The van der Waals surface area contributed by atoms with E-state index in [9.17, 15) is 8.78 Å². The summed E-state index contributed by atoms with van der Waals surface area (Å²) in [6.07, 6.45) is 2.77. The molecule has 0 bridgehead atoms. The molecule has 5 heteroatoms. The number of halogens is 2. The molecule has 1 saturated heterocycles. The highest BCUT2D eigenvalue weighted by atomic mass is 19.2. The van der Waals surface area contributed by atoms with E-state index in [2.05, 4.69) is 17.0 Å². The fraction of sp³-hybridized carbons (Fsp3) is 0.529. The molecule has 2 rings (SSSR count). The first kappa shape index (κ1) is 16.4. The van der Waals surface area contributed by atoms with Crippen LogP contribution in [0.15, 0.2) is 18.2 Å². The molecule has 1 heterocycles. The van der Waals surface area contributed by atoms with Gasteiger partial charge in [-0.1, -0.05) is 6.07 Å². The van der Waals surface area contributed by atoms with Crippen molar-refractivity contribution < 1.29 is 8.78 Å². The molecule has 0 saturated carbocycles. The van der Waals surface area contributed by atoms with E-state index in [1.165, 1.54) is 12.1 Å². The molecule has 0 spiro atoms. The molecule has 1 aliphatic heterocycles. The Bertz CT molecular complexity index is 581. The van der Waals surface area contributed by atoms with Crippen molar-refractivity contribution in [2.24, 2.45) is 5.92 Å². The van der Waals surface area contributed by atoms with Gasteiger partial charge in [0, 0.05) is 13.0 Å². The molecule has 1 fully saturated rings. The Labute approximate surface area is 129 Å². The molecular weight excluding hydrogens is 284 g/mol. The summed E-state index contributed by atoms with van der Waals surface area (Å²) in [5.74, 6) is -1.47. The molecule has 0 aromatic heterocycles. The summed E-state index contributed by atoms with van der Waals surface area (Å²) in [6, 6.07) is 8.46. The van der Waals surface area contributed by atoms with Crippen LogP contribution in [-0.4, -0.2) is 24.5 Å². The first-order valence-corrected chi connectivity index (χ1v) is 7.58. The van der Waals surface area contributed by atoms with Crippen molar-refractivity contribution in [3.8, 4) is 12.1 Å². The maximum absolute atomic E-state index is 13.3. The maximum Gasteiger partial charge on any atom is 0.159 e. The van der Waals surface area contributed by atoms with E-state index in [1.54, 1.807) is 6.07 Å². The van der Waals surface area contributed by atoms with Gasteiger partial charge in [0.1, 0.15) is 0 Å². The van der Waals surface area contributed by atoms with Gasteiger partial charge in [0.2, 0.25) is 0 Å². The van der Waals surface area contributed by atoms with Crippen LogP contribution in [0.1, 0.15) is 37.2 Å². The Morgan fingerprint density at radius 3 is 2.50 bits per heavy atom. The van der Waals surface area contributed by atoms with Crippen LogP contribution in [0.4, 0.5) is 8.78 Å². The quantitative estimate of drug-likeness (QED) is 0.835. The molecule has 0 N–H and O–H groups in total. The van der Waals surface area contributed by atoms with Gasteiger partial charge in [0.25, 0.3) is 0 Å². The van der Waals surface area contributed by atoms with Crippen LogP contribution in [0, 0.1) is 40.2 Å². The second-order valence-corrected chi connectivity index (χ2v) is 5.77. The number of hydrogen-bond donors (Lipinski definition) is 0. The number of likely N-dealkylation sites (tertiary alicyclic amines) is 1. The third kappa shape index (κ3) is 4.26. The first-order chi connectivity index (χ1) is 10.6. The van der Waals surface area contributed by atoms with Crippen LogP contribution in [-0.2, 0) is 0 Å². The molecular formula is C17H19F2N3. The van der Waals surface area contributed by atoms with Gasteiger partial charge in [-0.15, -0.1) is 0 Å². The molecule has 3 nitrogen and oxygen atoms in total. The van der Waals surface area contributed by atoms with Gasteiger partial charge in [-0.3, -0.25) is 0 Å². The normalized spacial score (nSPS) is 17.6. The van der Waals surface area contributed by atoms with Crippen molar-refractivity contribution in [2.75, 3.05) is 19.6 Å². The zero-order valence-corrected chi connectivity index (χ0v) is 12.4. The summed E-state index contributed by atoms with van der Waals surface area (Å²) >= 11 is 0. The van der Waals surface area contributed by atoms with Crippen LogP contribution in [0.25, 0.3) is 0 Å². The van der Waals surface area contributed by atoms with Crippen LogP contribution in [0.5, 0.6) is 0 Å². The molecule has 22 heavy (non-hydrogen) atoms. The molecule has 0 radical (unpaired) electrons. The van der Waals surface area contributed by atoms with E-state index in [1.807, 2.05) is 0 Å². The highest BCUT2D eigenvalue weighted by molar-refractivity contribution is 5.22. The van der Waals surface area contributed by atoms with Gasteiger partial charge in [0.05, 0.1) is 18.1 Å². The second kappa shape index (κ2) is 7.87. The van der Waals surface area contributed by atoms with Gasteiger partial charge in [0.15, 0.2) is 11.6 Å². The summed E-state index contributed by atoms with van der Waals surface area (Å²) in [5.41, 5.74) is 0.847. The van der Waals surface area contributed by atoms with Gasteiger partial charge >= 0.3 is 0 Å². The van der Waals surface area contributed by atoms with E-state index < -0.39 is 11.6 Å². The largest absolute Gasteiger partial charge is 0.302 e. The van der Waals surface area contributed by atoms with E-state index >= 15 is 0 Å². The van der Waals surface area contributed by atoms with Crippen molar-refractivity contribution in [3.05, 3.63) is 35.4 Å². The van der Waals surface area contributed by atoms with Crippen molar-refractivity contribution in [3.63, 3.8) is 0 Å². The minimum absolute atomic E-state index is 0.112. The van der Waals surface area contributed by atoms with Crippen molar-refractivity contribution in [1.29, 1.82) is 10.5 Å². The SMILES string of the molecule is N#CCCC(C#N)CN1CCC(c2ccc(F)c(F)c2)CC1. The van der Waals surface area contributed by atoms with Crippen LogP contribution < -0.4 is 0 Å². The van der Waals surface area contributed by atoms with Gasteiger partial charge in [-0.25, -0.2) is 8.78 Å². The van der Waals surface area contributed by atoms with Crippen molar-refractivity contribution >= 4 is 0 Å². The summed E-state index contributed by atoms with van der Waals surface area (Å²) < 4.78 is 26.3. The second-order valence-electron chi connectivity index (χ2n) is 5.77. The van der Waals surface area contributed by atoms with Crippen LogP contribution >= 0.6 is 0 Å². The van der Waals surface area contributed by atoms with Crippen molar-refractivity contribution in [2.45, 2.75) is 31.6 Å². The van der Waals surface area contributed by atoms with Gasteiger partial charge in [-0.2, -0.15) is 10.5 Å². The Balaban J connectivity index is 1.86. The van der Waals surface area contributed by atoms with Gasteiger partial charge < -0.3 is 4.90 Å². The molecule has 1 aromatic rings. The lowest BCUT2D eigenvalue weighted by atomic mass is 9.89. The van der Waals surface area contributed by atoms with Gasteiger partial charge in [-0.05, 0) is 56.0 Å². The molecule has 0 aliphatic carbocycles. The lowest BCUT2D eigenvalue weighted by Crippen LogP contribution is -2.36. The Kier molecular flexibility index (Phi) is 5.86. The third-order valence-corrected chi connectivity index (χ3v) is 4.27. The van der Waals surface area contributed by atoms with Crippen LogP contribution in [0.3, 0.4) is 0 Å². The zero-order valence-electron chi connectivity index (χ0n) is 12.4. The third-order valence-electron chi connectivity index (χ3n) is 4.27. The topological polar surface area (TPSA) is 50.8 Å². The fourth-order valence-corrected chi connectivity index (χ4v) is 2.96. The monoisotopic (exact) mass is 303 g/mol. The summed E-state index contributed by atoms with van der Waals surface area (Å²) in [4.78, 5) is 2.22. The molecule has 1 atom stereocenters. The molecule has 1 aliphatic rings. The summed E-state index contributed by atoms with van der Waals surface area (Å²) in [6.45, 7) is 2.37. The standard InChI is InChI=1S/C17H19F2N3/c18-16-4-3-15(10-17(16)19)14-5-8-22(9-6-14)12-13(11-21)2-1-7-20/h3-4,10,13-14H,1-2,5-6,8-9,12H2. The molecule has 1 unspecified atom stereocenters. The lowest BCUT2D eigenvalue weighted by Gasteiger charge is -2.33. The molecule has 1 aromatic carbocycles. The predicted octanol–water partition coefficient (Wildman–Crippen LogP) is 3.59. The molecule has 116 valence electrons. The smallest absolute Gasteiger partial charge is 0.159 e. The minimum atomic E-state index is -0.810. The number of nitrogens with zero attached hydrogens (tertiary/aromatic N) is 3. The lowest BCUT2D eigenvalue weighted by molar-refractivity contribution is 0.193. The minimum Gasteiger partial charge on any atom is -0.302 e. The zero-order chi connectivity index (χ0) is 15.9. The van der Waals surface area contributed by atoms with E-state index in [0.29, 0.717) is 19.4 Å². The number of benzene rings is 1. The number of hydrogen-bond acceptors (Lipinski definition) is 3. The Hall–Kier alpha value is -1.98. The number of rotatable bonds is 5. The van der Waals surface area contributed by atoms with E-state index in [-0.39, 0.29) is 11.8 Å². The van der Waals surface area contributed by atoms with Crippen LogP contribution in [0.2, 0.25) is 0 Å². The maximum atomic E-state index is 13.3. The summed E-state index contributed by atoms with van der Waals surface area (Å²) in [7, 11) is 0. The summed E-state index contributed by atoms with van der Waals surface area (Å²) in [5, 5.41) is 17.7.